The number of carboxylic acids is 1. The first-order valence-electron chi connectivity index (χ1n) is 4.38. The Morgan fingerprint density at radius 3 is 2.75 bits per heavy atom. The first-order valence-corrected chi connectivity index (χ1v) is 4.38. The predicted octanol–water partition coefficient (Wildman–Crippen LogP) is -0.165. The van der Waals surface area contributed by atoms with E-state index in [0.29, 0.717) is 5.69 Å². The number of rotatable bonds is 2. The minimum atomic E-state index is -1.12. The number of nitrogens with two attached hydrogens (primary N) is 1. The summed E-state index contributed by atoms with van der Waals surface area (Å²) in [6.07, 6.45) is 1.21. The van der Waals surface area contributed by atoms with Gasteiger partial charge in [0.15, 0.2) is 11.3 Å². The van der Waals surface area contributed by atoms with E-state index in [1.54, 1.807) is 6.92 Å². The molecular weight excluding hydrogens is 212 g/mol. The SMILES string of the molecule is Cc1cc(C(=O)O)n2cnc(C(N)=O)c2n1. The molecule has 16 heavy (non-hydrogen) atoms. The van der Waals surface area contributed by atoms with Crippen LogP contribution in [0.15, 0.2) is 12.4 Å². The van der Waals surface area contributed by atoms with Crippen LogP contribution in [0.25, 0.3) is 5.65 Å². The average molecular weight is 220 g/mol. The summed E-state index contributed by atoms with van der Waals surface area (Å²) in [4.78, 5) is 29.8. The van der Waals surface area contributed by atoms with Gasteiger partial charge in [0.05, 0.1) is 0 Å². The Hall–Kier alpha value is -2.44. The smallest absolute Gasteiger partial charge is 0.353 e. The van der Waals surface area contributed by atoms with Crippen molar-refractivity contribution in [2.24, 2.45) is 5.73 Å². The van der Waals surface area contributed by atoms with Crippen molar-refractivity contribution in [3.8, 4) is 0 Å². The van der Waals surface area contributed by atoms with Crippen LogP contribution in [-0.4, -0.2) is 31.4 Å². The largest absolute Gasteiger partial charge is 0.477 e. The topological polar surface area (TPSA) is 111 Å². The number of carbonyl (C=O) groups is 2. The van der Waals surface area contributed by atoms with Crippen molar-refractivity contribution in [2.45, 2.75) is 6.92 Å². The third-order valence-electron chi connectivity index (χ3n) is 2.08. The number of nitrogens with zero attached hydrogens (tertiary/aromatic N) is 3. The molecule has 7 nitrogen and oxygen atoms in total. The fourth-order valence-electron chi connectivity index (χ4n) is 1.43. The maximum absolute atomic E-state index is 11.0. The van der Waals surface area contributed by atoms with Crippen LogP contribution in [-0.2, 0) is 0 Å². The second kappa shape index (κ2) is 3.30. The van der Waals surface area contributed by atoms with E-state index in [9.17, 15) is 9.59 Å². The third kappa shape index (κ3) is 1.38. The van der Waals surface area contributed by atoms with Crippen LogP contribution >= 0.6 is 0 Å². The zero-order valence-electron chi connectivity index (χ0n) is 8.34. The number of aryl methyl sites for hydroxylation is 1. The molecule has 0 atom stereocenters. The van der Waals surface area contributed by atoms with E-state index >= 15 is 0 Å². The number of imidazole rings is 1. The molecule has 0 saturated heterocycles. The van der Waals surface area contributed by atoms with Gasteiger partial charge in [0.2, 0.25) is 0 Å². The van der Waals surface area contributed by atoms with Crippen molar-refractivity contribution in [1.82, 2.24) is 14.4 Å². The molecule has 2 rings (SSSR count). The highest BCUT2D eigenvalue weighted by Crippen LogP contribution is 2.11. The van der Waals surface area contributed by atoms with Gasteiger partial charge in [-0.2, -0.15) is 0 Å². The molecule has 0 aliphatic heterocycles. The van der Waals surface area contributed by atoms with Gasteiger partial charge < -0.3 is 10.8 Å². The number of aromatic nitrogens is 3. The molecule has 0 spiro atoms. The van der Waals surface area contributed by atoms with Gasteiger partial charge in [-0.15, -0.1) is 0 Å². The van der Waals surface area contributed by atoms with Gasteiger partial charge in [-0.05, 0) is 13.0 Å². The molecule has 0 fully saturated rings. The number of hydrogen-bond acceptors (Lipinski definition) is 4. The quantitative estimate of drug-likeness (QED) is 0.730. The number of fused-ring (bicyclic) bond motifs is 1. The molecule has 0 aliphatic carbocycles. The minimum Gasteiger partial charge on any atom is -0.477 e. The van der Waals surface area contributed by atoms with Gasteiger partial charge in [0.25, 0.3) is 5.91 Å². The Bertz CT molecular complexity index is 602. The Balaban J connectivity index is 2.86. The predicted molar refractivity (Wildman–Crippen MR) is 53.2 cm³/mol. The van der Waals surface area contributed by atoms with Gasteiger partial charge in [0, 0.05) is 5.69 Å². The molecule has 0 bridgehead atoms. The highest BCUT2D eigenvalue weighted by atomic mass is 16.4. The highest BCUT2D eigenvalue weighted by Gasteiger charge is 2.16. The van der Waals surface area contributed by atoms with Crippen LogP contribution in [0.1, 0.15) is 26.7 Å². The van der Waals surface area contributed by atoms with Crippen molar-refractivity contribution in [2.75, 3.05) is 0 Å². The van der Waals surface area contributed by atoms with Gasteiger partial charge >= 0.3 is 5.97 Å². The van der Waals surface area contributed by atoms with Gasteiger partial charge in [0.1, 0.15) is 12.0 Å². The maximum Gasteiger partial charge on any atom is 0.353 e. The summed E-state index contributed by atoms with van der Waals surface area (Å²) >= 11 is 0. The summed E-state index contributed by atoms with van der Waals surface area (Å²) in [7, 11) is 0. The molecule has 3 N–H and O–H groups in total. The van der Waals surface area contributed by atoms with E-state index in [1.807, 2.05) is 0 Å². The van der Waals surface area contributed by atoms with E-state index in [1.165, 1.54) is 16.8 Å². The van der Waals surface area contributed by atoms with E-state index in [-0.39, 0.29) is 17.0 Å². The molecular formula is C9H8N4O3. The average Bonchev–Trinajstić information content (AvgIpc) is 2.59. The molecule has 2 heterocycles. The lowest BCUT2D eigenvalue weighted by Gasteiger charge is -2.01. The van der Waals surface area contributed by atoms with E-state index in [4.69, 9.17) is 10.8 Å². The lowest BCUT2D eigenvalue weighted by molar-refractivity contribution is 0.0688. The second-order valence-electron chi connectivity index (χ2n) is 3.24. The van der Waals surface area contributed by atoms with Crippen LogP contribution in [0.3, 0.4) is 0 Å². The summed E-state index contributed by atoms with van der Waals surface area (Å²) < 4.78 is 1.22. The molecule has 0 aromatic carbocycles. The van der Waals surface area contributed by atoms with Gasteiger partial charge in [-0.25, -0.2) is 14.8 Å². The van der Waals surface area contributed by atoms with Crippen LogP contribution < -0.4 is 5.73 Å². The van der Waals surface area contributed by atoms with Crippen LogP contribution in [0.2, 0.25) is 0 Å². The summed E-state index contributed by atoms with van der Waals surface area (Å²) in [6, 6.07) is 1.39. The lowest BCUT2D eigenvalue weighted by atomic mass is 10.3. The molecule has 2 aromatic heterocycles. The van der Waals surface area contributed by atoms with Crippen LogP contribution in [0, 0.1) is 6.92 Å². The van der Waals surface area contributed by atoms with Crippen molar-refractivity contribution < 1.29 is 14.7 Å². The van der Waals surface area contributed by atoms with E-state index in [2.05, 4.69) is 9.97 Å². The second-order valence-corrected chi connectivity index (χ2v) is 3.24. The fourth-order valence-corrected chi connectivity index (χ4v) is 1.43. The van der Waals surface area contributed by atoms with Crippen LogP contribution in [0.4, 0.5) is 0 Å². The normalized spacial score (nSPS) is 10.6. The summed E-state index contributed by atoms with van der Waals surface area (Å²) in [5.41, 5.74) is 5.69. The zero-order valence-corrected chi connectivity index (χ0v) is 8.34. The van der Waals surface area contributed by atoms with Gasteiger partial charge in [-0.1, -0.05) is 0 Å². The lowest BCUT2D eigenvalue weighted by Crippen LogP contribution is -2.13. The molecule has 0 unspecified atom stereocenters. The fraction of sp³-hybridized carbons (Fsp3) is 0.111. The van der Waals surface area contributed by atoms with E-state index in [0.717, 1.165) is 0 Å². The Morgan fingerprint density at radius 2 is 2.19 bits per heavy atom. The van der Waals surface area contributed by atoms with E-state index < -0.39 is 11.9 Å². The number of aromatic carboxylic acids is 1. The Morgan fingerprint density at radius 1 is 1.50 bits per heavy atom. The molecule has 0 radical (unpaired) electrons. The Kier molecular flexibility index (Phi) is 2.08. The molecule has 2 aromatic rings. The number of primary amides is 1. The van der Waals surface area contributed by atoms with Crippen molar-refractivity contribution >= 4 is 17.5 Å². The number of amides is 1. The maximum atomic E-state index is 11.0. The molecule has 0 aliphatic rings. The zero-order chi connectivity index (χ0) is 11.9. The number of carboxylic acid groups (broad SMARTS) is 1. The number of hydrogen-bond donors (Lipinski definition) is 2. The van der Waals surface area contributed by atoms with Crippen LogP contribution in [0.5, 0.6) is 0 Å². The summed E-state index contributed by atoms with van der Waals surface area (Å²) in [5.74, 6) is -1.86. The molecule has 82 valence electrons. The van der Waals surface area contributed by atoms with Gasteiger partial charge in [-0.3, -0.25) is 9.20 Å². The standard InChI is InChI=1S/C9H8N4O3/c1-4-2-5(9(15)16)13-3-11-6(7(10)14)8(13)12-4/h2-3H,1H3,(H2,10,14)(H,15,16). The Labute approximate surface area is 89.5 Å². The summed E-state index contributed by atoms with van der Waals surface area (Å²) in [6.45, 7) is 1.63. The number of carbonyl (C=O) groups excluding carboxylic acids is 1. The van der Waals surface area contributed by atoms with Crippen molar-refractivity contribution in [3.63, 3.8) is 0 Å². The highest BCUT2D eigenvalue weighted by molar-refractivity contribution is 5.97. The van der Waals surface area contributed by atoms with Crippen molar-refractivity contribution in [1.29, 1.82) is 0 Å². The summed E-state index contributed by atoms with van der Waals surface area (Å²) in [5, 5.41) is 8.96. The molecule has 7 heteroatoms. The van der Waals surface area contributed by atoms with Crippen molar-refractivity contribution in [3.05, 3.63) is 29.5 Å². The monoisotopic (exact) mass is 220 g/mol. The minimum absolute atomic E-state index is 0.0116. The molecule has 1 amide bonds. The molecule has 0 saturated carbocycles. The first-order chi connectivity index (χ1) is 7.50. The third-order valence-corrected chi connectivity index (χ3v) is 2.08. The first kappa shape index (κ1) is 10.1.